The summed E-state index contributed by atoms with van der Waals surface area (Å²) in [5, 5.41) is 8.10. The molecule has 3 heterocycles. The first-order chi connectivity index (χ1) is 9.70. The van der Waals surface area contributed by atoms with E-state index in [1.807, 2.05) is 24.6 Å². The van der Waals surface area contributed by atoms with Gasteiger partial charge in [0, 0.05) is 29.4 Å². The van der Waals surface area contributed by atoms with E-state index in [0.29, 0.717) is 11.7 Å². The molecule has 0 radical (unpaired) electrons. The van der Waals surface area contributed by atoms with Crippen molar-refractivity contribution < 1.29 is 4.52 Å². The fourth-order valence-electron chi connectivity index (χ4n) is 2.04. The van der Waals surface area contributed by atoms with Crippen molar-refractivity contribution in [3.05, 3.63) is 40.2 Å². The highest BCUT2D eigenvalue weighted by Crippen LogP contribution is 2.18. The minimum absolute atomic E-state index is 0.611. The summed E-state index contributed by atoms with van der Waals surface area (Å²) in [7, 11) is 1.87. The lowest BCUT2D eigenvalue weighted by Crippen LogP contribution is -1.88. The second-order valence-electron chi connectivity index (χ2n) is 4.78. The third-order valence-corrected chi connectivity index (χ3v) is 4.10. The first-order valence-corrected chi connectivity index (χ1v) is 7.39. The van der Waals surface area contributed by atoms with E-state index in [-0.39, 0.29) is 0 Å². The van der Waals surface area contributed by atoms with Gasteiger partial charge in [-0.05, 0) is 31.9 Å². The number of rotatable bonds is 5. The fourth-order valence-corrected chi connectivity index (χ4v) is 2.98. The minimum Gasteiger partial charge on any atom is -0.339 e. The topological polar surface area (TPSA) is 56.7 Å². The van der Waals surface area contributed by atoms with E-state index in [1.165, 1.54) is 9.75 Å². The van der Waals surface area contributed by atoms with Crippen LogP contribution in [-0.2, 0) is 19.9 Å². The lowest BCUT2D eigenvalue weighted by Gasteiger charge is -1.94. The molecule has 0 aliphatic carbocycles. The second kappa shape index (κ2) is 5.58. The van der Waals surface area contributed by atoms with E-state index in [0.717, 1.165) is 24.8 Å². The molecule has 0 aromatic carbocycles. The molecule has 0 atom stereocenters. The Morgan fingerprint density at radius 1 is 1.30 bits per heavy atom. The molecule has 0 N–H and O–H groups in total. The molecule has 3 rings (SSSR count). The molecule has 0 bridgehead atoms. The van der Waals surface area contributed by atoms with E-state index >= 15 is 0 Å². The van der Waals surface area contributed by atoms with Crippen molar-refractivity contribution in [2.45, 2.75) is 26.2 Å². The zero-order valence-corrected chi connectivity index (χ0v) is 12.4. The summed E-state index contributed by atoms with van der Waals surface area (Å²) in [6.07, 6.45) is 6.51. The van der Waals surface area contributed by atoms with Gasteiger partial charge >= 0.3 is 0 Å². The van der Waals surface area contributed by atoms with Crippen LogP contribution in [0.4, 0.5) is 0 Å². The number of thiophene rings is 1. The molecule has 5 nitrogen and oxygen atoms in total. The molecule has 0 aliphatic heterocycles. The molecule has 0 unspecified atom stereocenters. The van der Waals surface area contributed by atoms with Crippen molar-refractivity contribution in [2.75, 3.05) is 0 Å². The van der Waals surface area contributed by atoms with Crippen LogP contribution in [0.15, 0.2) is 29.0 Å². The van der Waals surface area contributed by atoms with Gasteiger partial charge in [0.1, 0.15) is 0 Å². The molecule has 3 aromatic heterocycles. The van der Waals surface area contributed by atoms with Gasteiger partial charge in [0.25, 0.3) is 0 Å². The van der Waals surface area contributed by atoms with Crippen LogP contribution in [0.25, 0.3) is 11.4 Å². The highest BCUT2D eigenvalue weighted by Gasteiger charge is 2.10. The Hall–Kier alpha value is -1.95. The van der Waals surface area contributed by atoms with Crippen LogP contribution in [0.5, 0.6) is 0 Å². The van der Waals surface area contributed by atoms with E-state index in [2.05, 4.69) is 34.3 Å². The average molecular weight is 288 g/mol. The van der Waals surface area contributed by atoms with E-state index < -0.39 is 0 Å². The number of nitrogens with zero attached hydrogens (tertiary/aromatic N) is 4. The zero-order valence-electron chi connectivity index (χ0n) is 11.5. The predicted molar refractivity (Wildman–Crippen MR) is 77.6 cm³/mol. The Kier molecular flexibility index (Phi) is 3.64. The van der Waals surface area contributed by atoms with Crippen LogP contribution in [-0.4, -0.2) is 19.9 Å². The summed E-state index contributed by atoms with van der Waals surface area (Å²) in [5.41, 5.74) is 0.886. The Morgan fingerprint density at radius 2 is 2.20 bits per heavy atom. The lowest BCUT2D eigenvalue weighted by molar-refractivity contribution is 0.376. The van der Waals surface area contributed by atoms with Gasteiger partial charge in [-0.25, -0.2) is 0 Å². The van der Waals surface area contributed by atoms with Crippen molar-refractivity contribution in [1.29, 1.82) is 0 Å². The van der Waals surface area contributed by atoms with Crippen LogP contribution in [0.1, 0.15) is 22.1 Å². The van der Waals surface area contributed by atoms with Crippen molar-refractivity contribution in [3.8, 4) is 11.4 Å². The van der Waals surface area contributed by atoms with Gasteiger partial charge in [-0.1, -0.05) is 5.16 Å². The Balaban J connectivity index is 1.57. The predicted octanol–water partition coefficient (Wildman–Crippen LogP) is 3.02. The summed E-state index contributed by atoms with van der Waals surface area (Å²) in [4.78, 5) is 7.17. The maximum atomic E-state index is 5.28. The highest BCUT2D eigenvalue weighted by atomic mass is 32.1. The van der Waals surface area contributed by atoms with Gasteiger partial charge in [-0.2, -0.15) is 10.1 Å². The smallest absolute Gasteiger partial charge is 0.226 e. The molecule has 0 saturated heterocycles. The SMILES string of the molecule is Cc1ccc(CCCc2nc(-c3cnn(C)c3)no2)s1. The van der Waals surface area contributed by atoms with Crippen molar-refractivity contribution in [3.63, 3.8) is 0 Å². The summed E-state index contributed by atoms with van der Waals surface area (Å²) in [6.45, 7) is 2.13. The Morgan fingerprint density at radius 3 is 2.90 bits per heavy atom. The van der Waals surface area contributed by atoms with Gasteiger partial charge in [-0.3, -0.25) is 4.68 Å². The molecule has 0 saturated carbocycles. The normalized spacial score (nSPS) is 11.1. The third kappa shape index (κ3) is 2.96. The maximum Gasteiger partial charge on any atom is 0.226 e. The van der Waals surface area contributed by atoms with E-state index in [4.69, 9.17) is 4.52 Å². The van der Waals surface area contributed by atoms with Gasteiger partial charge < -0.3 is 4.52 Å². The number of hydrogen-bond donors (Lipinski definition) is 0. The standard InChI is InChI=1S/C14H16N4OS/c1-10-6-7-12(20-10)4-3-5-13-16-14(17-19-13)11-8-15-18(2)9-11/h6-9H,3-5H2,1-2H3. The van der Waals surface area contributed by atoms with Gasteiger partial charge in [0.15, 0.2) is 0 Å². The maximum absolute atomic E-state index is 5.28. The first-order valence-electron chi connectivity index (χ1n) is 6.57. The molecule has 20 heavy (non-hydrogen) atoms. The van der Waals surface area contributed by atoms with Crippen LogP contribution in [0, 0.1) is 6.92 Å². The second-order valence-corrected chi connectivity index (χ2v) is 6.15. The monoisotopic (exact) mass is 288 g/mol. The van der Waals surface area contributed by atoms with Crippen LogP contribution in [0.3, 0.4) is 0 Å². The molecule has 3 aromatic rings. The van der Waals surface area contributed by atoms with Crippen molar-refractivity contribution >= 4 is 11.3 Å². The summed E-state index contributed by atoms with van der Waals surface area (Å²) in [5.74, 6) is 1.30. The first kappa shape index (κ1) is 13.1. The molecule has 0 aliphatic rings. The summed E-state index contributed by atoms with van der Waals surface area (Å²) < 4.78 is 7.00. The van der Waals surface area contributed by atoms with Crippen LogP contribution >= 0.6 is 11.3 Å². The quantitative estimate of drug-likeness (QED) is 0.724. The lowest BCUT2D eigenvalue weighted by atomic mass is 10.2. The summed E-state index contributed by atoms with van der Waals surface area (Å²) in [6, 6.07) is 4.35. The molecule has 0 amide bonds. The minimum atomic E-state index is 0.611. The molecule has 6 heteroatoms. The van der Waals surface area contributed by atoms with Crippen LogP contribution in [0.2, 0.25) is 0 Å². The van der Waals surface area contributed by atoms with Gasteiger partial charge in [0.2, 0.25) is 11.7 Å². The van der Waals surface area contributed by atoms with E-state index in [1.54, 1.807) is 10.9 Å². The van der Waals surface area contributed by atoms with Gasteiger partial charge in [-0.15, -0.1) is 11.3 Å². The summed E-state index contributed by atoms with van der Waals surface area (Å²) >= 11 is 1.85. The molecule has 104 valence electrons. The number of hydrogen-bond acceptors (Lipinski definition) is 5. The van der Waals surface area contributed by atoms with Gasteiger partial charge in [0.05, 0.1) is 11.8 Å². The number of aryl methyl sites for hydroxylation is 4. The zero-order chi connectivity index (χ0) is 13.9. The van der Waals surface area contributed by atoms with Crippen molar-refractivity contribution in [2.24, 2.45) is 7.05 Å². The third-order valence-electron chi connectivity index (χ3n) is 3.04. The Labute approximate surface area is 121 Å². The highest BCUT2D eigenvalue weighted by molar-refractivity contribution is 7.11. The molecule has 0 fully saturated rings. The Bertz CT molecular complexity index is 697. The molecular weight excluding hydrogens is 272 g/mol. The largest absolute Gasteiger partial charge is 0.339 e. The van der Waals surface area contributed by atoms with E-state index in [9.17, 15) is 0 Å². The molecular formula is C14H16N4OS. The number of aromatic nitrogens is 4. The average Bonchev–Trinajstić information content (AvgIpc) is 3.11. The fraction of sp³-hybridized carbons (Fsp3) is 0.357. The van der Waals surface area contributed by atoms with Crippen molar-refractivity contribution in [1.82, 2.24) is 19.9 Å². The van der Waals surface area contributed by atoms with Crippen LogP contribution < -0.4 is 0 Å². The molecule has 0 spiro atoms.